The molecule has 0 aromatic carbocycles. The molecule has 31 valence electrons. The summed E-state index contributed by atoms with van der Waals surface area (Å²) in [6.45, 7) is 0. The smallest absolute Gasteiger partial charge is 0 e. The van der Waals surface area contributed by atoms with E-state index < -0.39 is 0 Å². The molecular weight excluding hydrogens is 308 g/mol. The van der Waals surface area contributed by atoms with Gasteiger partial charge in [-0.3, -0.25) is 0 Å². The van der Waals surface area contributed by atoms with Crippen molar-refractivity contribution in [3.63, 3.8) is 0 Å². The zero-order valence-corrected chi connectivity index (χ0v) is 2.86. The Morgan fingerprint density at radius 3 is 1.00 bits per heavy atom. The summed E-state index contributed by atoms with van der Waals surface area (Å²) in [6, 6.07) is 0. The monoisotopic (exact) mass is 315 g/mol. The van der Waals surface area contributed by atoms with Crippen molar-refractivity contribution < 1.29 is 33.6 Å². The number of hydrogen-bond acceptors (Lipinski definition) is 0. The topological polar surface area (TPSA) is 0 Å². The third-order valence-electron chi connectivity index (χ3n) is 0. The van der Waals surface area contributed by atoms with E-state index in [1.807, 2.05) is 0 Å². The van der Waals surface area contributed by atoms with Gasteiger partial charge in [-0.25, -0.2) is 0 Å². The molecule has 0 aliphatic rings. The Balaban J connectivity index is 0. The van der Waals surface area contributed by atoms with Gasteiger partial charge >= 0.3 is 97.3 Å². The van der Waals surface area contributed by atoms with Crippen LogP contribution in [0.1, 0.15) is 0 Å². The van der Waals surface area contributed by atoms with Crippen molar-refractivity contribution in [2.24, 2.45) is 0 Å². The molecule has 0 N–H and O–H groups in total. The zero-order chi connectivity index (χ0) is 0. The molecule has 0 aliphatic carbocycles. The minimum atomic E-state index is 0. The van der Waals surface area contributed by atoms with Gasteiger partial charge in [0.1, 0.15) is 0 Å². The van der Waals surface area contributed by atoms with E-state index in [4.69, 9.17) is 0 Å². The van der Waals surface area contributed by atoms with E-state index in [0.717, 1.165) is 0 Å². The number of hydrogen-bond donors (Lipinski definition) is 0. The average molecular weight is 315 g/mol. The molecule has 0 spiro atoms. The largest absolute Gasteiger partial charge is 0 e. The quantitative estimate of drug-likeness (QED) is 0.409. The summed E-state index contributed by atoms with van der Waals surface area (Å²) < 4.78 is 0. The predicted octanol–water partition coefficient (Wildman–Crippen LogP) is -3.40. The average Bonchev–Trinajstić information content (AvgIpc) is 0. The summed E-state index contributed by atoms with van der Waals surface area (Å²) in [5.41, 5.74) is 0. The summed E-state index contributed by atoms with van der Waals surface area (Å²) in [7, 11) is 0. The van der Waals surface area contributed by atoms with Gasteiger partial charge in [0.05, 0.1) is 0 Å². The van der Waals surface area contributed by atoms with E-state index in [2.05, 4.69) is 0 Å². The van der Waals surface area contributed by atoms with Crippen LogP contribution in [0, 0.1) is 0 Å². The van der Waals surface area contributed by atoms with Gasteiger partial charge < -0.3 is 0 Å². The van der Waals surface area contributed by atoms with Gasteiger partial charge in [0, 0.05) is 33.6 Å². The van der Waals surface area contributed by atoms with Crippen LogP contribution in [-0.4, -0.2) is 115 Å². The Bertz CT molecular complexity index is 15.5. The molecule has 0 aromatic heterocycles. The molecule has 0 heterocycles. The number of rotatable bonds is 0. The van der Waals surface area contributed by atoms with Crippen LogP contribution in [0.4, 0.5) is 0 Å². The van der Waals surface area contributed by atoms with Crippen molar-refractivity contribution in [3.8, 4) is 0 Å². The Labute approximate surface area is 144 Å². The molecule has 0 aromatic rings. The van der Waals surface area contributed by atoms with Gasteiger partial charge in [-0.1, -0.05) is 0 Å². The van der Waals surface area contributed by atoms with Crippen LogP contribution in [0.5, 0.6) is 0 Å². The summed E-state index contributed by atoms with van der Waals surface area (Å²) in [4.78, 5) is 0. The molecule has 6 heavy (non-hydrogen) atoms. The molecule has 0 saturated heterocycles. The van der Waals surface area contributed by atoms with Crippen LogP contribution < -0.4 is 0 Å². The first-order valence-corrected chi connectivity index (χ1v) is 0. The fourth-order valence-corrected chi connectivity index (χ4v) is 0. The van der Waals surface area contributed by atoms with Crippen LogP contribution in [0.3, 0.4) is 0 Å². The van der Waals surface area contributed by atoms with E-state index in [-0.39, 0.29) is 148 Å². The Kier molecular flexibility index (Phi) is 252. The molecule has 0 amide bonds. The van der Waals surface area contributed by atoms with Crippen LogP contribution in [-0.2, 0) is 33.6 Å². The summed E-state index contributed by atoms with van der Waals surface area (Å²) in [5.74, 6) is 0. The molecular formula is H7AlBaLiMnNaNi. The standard InChI is InChI=1S/Al.Ba.Li.Mn.Na.Ni.7H. The van der Waals surface area contributed by atoms with Crippen LogP contribution in [0.25, 0.3) is 0 Å². The van der Waals surface area contributed by atoms with E-state index in [0.29, 0.717) is 0 Å². The van der Waals surface area contributed by atoms with Crippen molar-refractivity contribution in [1.82, 2.24) is 0 Å². The summed E-state index contributed by atoms with van der Waals surface area (Å²) in [5, 5.41) is 0. The van der Waals surface area contributed by atoms with Gasteiger partial charge in [0.2, 0.25) is 0 Å². The molecule has 1 radical (unpaired) electrons. The third-order valence-corrected chi connectivity index (χ3v) is 0. The van der Waals surface area contributed by atoms with Gasteiger partial charge in [0.15, 0.2) is 17.4 Å². The summed E-state index contributed by atoms with van der Waals surface area (Å²) in [6.07, 6.45) is 0. The van der Waals surface area contributed by atoms with Gasteiger partial charge in [0.25, 0.3) is 0 Å². The van der Waals surface area contributed by atoms with E-state index in [1.165, 1.54) is 0 Å². The molecule has 0 fully saturated rings. The molecule has 0 aliphatic heterocycles. The van der Waals surface area contributed by atoms with E-state index >= 15 is 0 Å². The van der Waals surface area contributed by atoms with Gasteiger partial charge in [-0.15, -0.1) is 0 Å². The second-order valence-electron chi connectivity index (χ2n) is 0. The van der Waals surface area contributed by atoms with Crippen molar-refractivity contribution >= 4 is 115 Å². The molecule has 6 heteroatoms. The van der Waals surface area contributed by atoms with Crippen molar-refractivity contribution in [3.05, 3.63) is 0 Å². The maximum Gasteiger partial charge on any atom is 0 e. The third kappa shape index (κ3) is 23.3. The van der Waals surface area contributed by atoms with Crippen molar-refractivity contribution in [2.75, 3.05) is 0 Å². The SMILES string of the molecule is [AlH3].[BaH2].[LiH].[Mn].[NaH].[Ni]. The van der Waals surface area contributed by atoms with E-state index in [1.54, 1.807) is 0 Å². The van der Waals surface area contributed by atoms with Gasteiger partial charge in [-0.05, 0) is 0 Å². The first kappa shape index (κ1) is 45.5. The second-order valence-corrected chi connectivity index (χ2v) is 0. The van der Waals surface area contributed by atoms with Crippen molar-refractivity contribution in [2.45, 2.75) is 0 Å². The maximum absolute atomic E-state index is 0. The molecule has 0 unspecified atom stereocenters. The van der Waals surface area contributed by atoms with Crippen LogP contribution >= 0.6 is 0 Å². The Morgan fingerprint density at radius 2 is 1.00 bits per heavy atom. The molecule has 0 saturated carbocycles. The van der Waals surface area contributed by atoms with Crippen molar-refractivity contribution in [1.29, 1.82) is 0 Å². The maximum atomic E-state index is 0. The minimum Gasteiger partial charge on any atom is 0 e. The first-order valence-electron chi connectivity index (χ1n) is 0. The minimum absolute atomic E-state index is 0. The molecule has 0 atom stereocenters. The van der Waals surface area contributed by atoms with Crippen LogP contribution in [0.2, 0.25) is 0 Å². The molecule has 0 rings (SSSR count). The molecule has 0 nitrogen and oxygen atoms in total. The molecule has 0 bridgehead atoms. The fraction of sp³-hybridized carbons (Fsp3) is 0. The van der Waals surface area contributed by atoms with E-state index in [9.17, 15) is 0 Å². The Morgan fingerprint density at radius 1 is 1.00 bits per heavy atom. The fourth-order valence-electron chi connectivity index (χ4n) is 0. The normalized spacial score (nSPS) is 0. The summed E-state index contributed by atoms with van der Waals surface area (Å²) >= 11 is 0. The second kappa shape index (κ2) is 33.2. The van der Waals surface area contributed by atoms with Crippen LogP contribution in [0.15, 0.2) is 0 Å². The zero-order valence-electron chi connectivity index (χ0n) is 0.694. The first-order chi connectivity index (χ1) is 0. The van der Waals surface area contributed by atoms with Gasteiger partial charge in [-0.2, -0.15) is 0 Å². The predicted molar refractivity (Wildman–Crippen MR) is 32.8 cm³/mol. The Hall–Kier alpha value is 4.71.